The topological polar surface area (TPSA) is 159 Å². The lowest BCUT2D eigenvalue weighted by atomic mass is 9.93. The molecule has 30 heavy (non-hydrogen) atoms. The highest BCUT2D eigenvalue weighted by atomic mass is 16.7. The fraction of sp³-hybridized carbons (Fsp3) is 0.550. The largest absolute Gasteiger partial charge is 0.484 e. The van der Waals surface area contributed by atoms with E-state index in [1.54, 1.807) is 26.0 Å². The van der Waals surface area contributed by atoms with Crippen LogP contribution in [0, 0.1) is 0 Å². The number of aliphatic hydroxyl groups excluding tert-OH is 5. The van der Waals surface area contributed by atoms with Crippen LogP contribution in [0.25, 0.3) is 11.0 Å². The van der Waals surface area contributed by atoms with Gasteiger partial charge >= 0.3 is 5.63 Å². The van der Waals surface area contributed by atoms with E-state index in [2.05, 4.69) is 0 Å². The molecule has 164 valence electrons. The Morgan fingerprint density at radius 2 is 1.80 bits per heavy atom. The molecule has 0 bridgehead atoms. The van der Waals surface area contributed by atoms with E-state index in [-0.39, 0.29) is 0 Å². The third-order valence-electron chi connectivity index (χ3n) is 5.56. The van der Waals surface area contributed by atoms with Crippen LogP contribution in [-0.2, 0) is 9.47 Å². The first-order valence-corrected chi connectivity index (χ1v) is 9.53. The van der Waals surface area contributed by atoms with Gasteiger partial charge in [0, 0.05) is 23.1 Å². The summed E-state index contributed by atoms with van der Waals surface area (Å²) in [6.45, 7) is 2.62. The molecule has 10 nitrogen and oxygen atoms in total. The molecule has 0 spiro atoms. The summed E-state index contributed by atoms with van der Waals surface area (Å²) >= 11 is 0. The van der Waals surface area contributed by atoms with Crippen LogP contribution in [0.5, 0.6) is 5.75 Å². The first-order valence-electron chi connectivity index (χ1n) is 9.53. The molecule has 7 atom stereocenters. The lowest BCUT2D eigenvalue weighted by Crippen LogP contribution is -2.61. The van der Waals surface area contributed by atoms with E-state index < -0.39 is 60.7 Å². The molecule has 1 saturated heterocycles. The summed E-state index contributed by atoms with van der Waals surface area (Å²) in [5.41, 5.74) is -0.962. The van der Waals surface area contributed by atoms with Crippen molar-refractivity contribution < 1.29 is 44.2 Å². The number of hydrogen-bond acceptors (Lipinski definition) is 10. The van der Waals surface area contributed by atoms with Gasteiger partial charge in [-0.15, -0.1) is 0 Å². The van der Waals surface area contributed by atoms with Crippen molar-refractivity contribution in [3.05, 3.63) is 40.2 Å². The molecule has 0 radical (unpaired) electrons. The van der Waals surface area contributed by atoms with Crippen LogP contribution in [0.1, 0.15) is 25.5 Å². The second-order valence-electron chi connectivity index (χ2n) is 8.08. The SMILES string of the molecule is CC(C)(O[C@@H]1O[C@H](CO)[C@@H](O)[C@H](O)[C@H]1O)C1Oc2cc3oc(=O)ccc3cc2[C@H]1O. The third kappa shape index (κ3) is 3.50. The Hall–Kier alpha value is -2.05. The fourth-order valence-corrected chi connectivity index (χ4v) is 3.87. The zero-order chi connectivity index (χ0) is 21.8. The van der Waals surface area contributed by atoms with Crippen molar-refractivity contribution in [3.8, 4) is 5.75 Å². The minimum Gasteiger partial charge on any atom is -0.484 e. The molecule has 1 aromatic carbocycles. The van der Waals surface area contributed by atoms with Gasteiger partial charge in [-0.1, -0.05) is 0 Å². The Kier molecular flexibility index (Phi) is 5.35. The predicted molar refractivity (Wildman–Crippen MR) is 101 cm³/mol. The van der Waals surface area contributed by atoms with Crippen LogP contribution in [0.15, 0.2) is 33.5 Å². The highest BCUT2D eigenvalue weighted by Gasteiger charge is 2.50. The number of rotatable bonds is 4. The van der Waals surface area contributed by atoms with E-state index in [4.69, 9.17) is 18.6 Å². The van der Waals surface area contributed by atoms with Gasteiger partial charge < -0.3 is 44.2 Å². The van der Waals surface area contributed by atoms with Crippen LogP contribution < -0.4 is 10.4 Å². The summed E-state index contributed by atoms with van der Waals surface area (Å²) in [4.78, 5) is 11.5. The molecule has 1 aromatic heterocycles. The van der Waals surface area contributed by atoms with Crippen LogP contribution in [-0.4, -0.2) is 74.6 Å². The van der Waals surface area contributed by atoms with Gasteiger partial charge in [-0.05, 0) is 26.0 Å². The molecule has 5 N–H and O–H groups in total. The molecule has 0 saturated carbocycles. The zero-order valence-electron chi connectivity index (χ0n) is 16.3. The van der Waals surface area contributed by atoms with Crippen LogP contribution in [0.4, 0.5) is 0 Å². The van der Waals surface area contributed by atoms with Crippen molar-refractivity contribution in [2.24, 2.45) is 0 Å². The summed E-state index contributed by atoms with van der Waals surface area (Å²) in [5, 5.41) is 50.9. The maximum absolute atomic E-state index is 11.5. The lowest BCUT2D eigenvalue weighted by molar-refractivity contribution is -0.332. The molecule has 4 rings (SSSR count). The molecular weight excluding hydrogens is 400 g/mol. The van der Waals surface area contributed by atoms with Crippen molar-refractivity contribution in [2.75, 3.05) is 6.61 Å². The van der Waals surface area contributed by atoms with Crippen LogP contribution >= 0.6 is 0 Å². The minimum atomic E-state index is -1.59. The summed E-state index contributed by atoms with van der Waals surface area (Å²) in [5.74, 6) is 0.319. The van der Waals surface area contributed by atoms with E-state index in [1.165, 1.54) is 12.1 Å². The summed E-state index contributed by atoms with van der Waals surface area (Å²) in [6.07, 6.45) is -9.21. The zero-order valence-corrected chi connectivity index (χ0v) is 16.3. The molecule has 0 aliphatic carbocycles. The fourth-order valence-electron chi connectivity index (χ4n) is 3.87. The molecule has 0 amide bonds. The van der Waals surface area contributed by atoms with Gasteiger partial charge in [-0.3, -0.25) is 0 Å². The Balaban J connectivity index is 1.58. The Bertz CT molecular complexity index is 983. The number of fused-ring (bicyclic) bond motifs is 2. The van der Waals surface area contributed by atoms with Crippen molar-refractivity contribution in [1.82, 2.24) is 0 Å². The van der Waals surface area contributed by atoms with E-state index in [1.807, 2.05) is 0 Å². The summed E-state index contributed by atoms with van der Waals surface area (Å²) in [7, 11) is 0. The van der Waals surface area contributed by atoms with Gasteiger partial charge in [0.05, 0.1) is 6.61 Å². The molecule has 3 heterocycles. The Labute approximate surface area is 170 Å². The molecular formula is C20H24O10. The van der Waals surface area contributed by atoms with Gasteiger partial charge in [0.15, 0.2) is 12.4 Å². The van der Waals surface area contributed by atoms with Crippen LogP contribution in [0.3, 0.4) is 0 Å². The molecule has 2 aliphatic rings. The lowest BCUT2D eigenvalue weighted by Gasteiger charge is -2.44. The van der Waals surface area contributed by atoms with Crippen molar-refractivity contribution in [3.63, 3.8) is 0 Å². The highest BCUT2D eigenvalue weighted by Crippen LogP contribution is 2.44. The minimum absolute atomic E-state index is 0.307. The predicted octanol–water partition coefficient (Wildman–Crippen LogP) is -0.818. The molecule has 10 heteroatoms. The number of ether oxygens (including phenoxy) is 3. The van der Waals surface area contributed by atoms with Gasteiger partial charge in [0.1, 0.15) is 47.5 Å². The highest BCUT2D eigenvalue weighted by molar-refractivity contribution is 5.80. The van der Waals surface area contributed by atoms with Crippen LogP contribution in [0.2, 0.25) is 0 Å². The first kappa shape index (κ1) is 21.2. The monoisotopic (exact) mass is 424 g/mol. The Morgan fingerprint density at radius 1 is 1.07 bits per heavy atom. The average Bonchev–Trinajstić information content (AvgIpc) is 3.03. The smallest absolute Gasteiger partial charge is 0.336 e. The van der Waals surface area contributed by atoms with Gasteiger partial charge in [0.25, 0.3) is 0 Å². The molecule has 2 aliphatic heterocycles. The summed E-state index contributed by atoms with van der Waals surface area (Å²) < 4.78 is 22.2. The van der Waals surface area contributed by atoms with E-state index in [0.717, 1.165) is 0 Å². The second-order valence-corrected chi connectivity index (χ2v) is 8.08. The van der Waals surface area contributed by atoms with Gasteiger partial charge in [-0.2, -0.15) is 0 Å². The Morgan fingerprint density at radius 3 is 2.50 bits per heavy atom. The summed E-state index contributed by atoms with van der Waals surface area (Å²) in [6, 6.07) is 6.03. The van der Waals surface area contributed by atoms with Crippen molar-refractivity contribution in [1.29, 1.82) is 0 Å². The van der Waals surface area contributed by atoms with Gasteiger partial charge in [0.2, 0.25) is 0 Å². The molecule has 1 unspecified atom stereocenters. The van der Waals surface area contributed by atoms with E-state index >= 15 is 0 Å². The first-order chi connectivity index (χ1) is 14.1. The van der Waals surface area contributed by atoms with Crippen molar-refractivity contribution >= 4 is 11.0 Å². The average molecular weight is 424 g/mol. The standard InChI is InChI=1S/C20H24O10/c1-20(2,30-19-17(26)16(25)15(24)12(7-21)29-19)18-14(23)9-5-8-3-4-13(22)27-10(8)6-11(9)28-18/h3-6,12,14-19,21,23-26H,7H2,1-2H3/t12-,14-,15-,16+,17-,18?,19+/m1/s1. The second kappa shape index (κ2) is 7.57. The number of hydrogen-bond donors (Lipinski definition) is 5. The van der Waals surface area contributed by atoms with Crippen molar-refractivity contribution in [2.45, 2.75) is 62.4 Å². The third-order valence-corrected chi connectivity index (χ3v) is 5.56. The van der Waals surface area contributed by atoms with Gasteiger partial charge in [-0.25, -0.2) is 4.79 Å². The quantitative estimate of drug-likeness (QED) is 0.393. The normalized spacial score (nSPS) is 34.0. The molecule has 2 aromatic rings. The number of aliphatic hydroxyl groups is 5. The maximum atomic E-state index is 11.5. The van der Waals surface area contributed by atoms with E-state index in [0.29, 0.717) is 22.3 Å². The van der Waals surface area contributed by atoms with E-state index in [9.17, 15) is 30.3 Å². The number of benzene rings is 1. The molecule has 1 fully saturated rings. The maximum Gasteiger partial charge on any atom is 0.336 e.